The molecule has 1 aliphatic heterocycles. The van der Waals surface area contributed by atoms with Gasteiger partial charge >= 0.3 is 0 Å². The van der Waals surface area contributed by atoms with Crippen molar-refractivity contribution in [3.8, 4) is 0 Å². The van der Waals surface area contributed by atoms with Crippen LogP contribution in [-0.4, -0.2) is 11.8 Å². The van der Waals surface area contributed by atoms with Crippen LogP contribution in [0.15, 0.2) is 66.4 Å². The monoisotopic (exact) mass is 442 g/mol. The molecular weight excluding hydrogens is 429 g/mol. The number of amides is 2. The quantitative estimate of drug-likeness (QED) is 0.546. The van der Waals surface area contributed by atoms with E-state index in [1.807, 2.05) is 0 Å². The molecule has 0 atom stereocenters. The van der Waals surface area contributed by atoms with Gasteiger partial charge in [-0.25, -0.2) is 18.1 Å². The standard InChI is InChI=1S/C23H14ClF3N2O2/c1-12-2-8-16(11-17(12)24)28-21-20(13-3-5-14(25)6-4-13)22(30)29(23(21)31)19-9-7-15(26)10-18(19)27/h2-11,28H,1H3. The van der Waals surface area contributed by atoms with Gasteiger partial charge in [-0.1, -0.05) is 29.8 Å². The van der Waals surface area contributed by atoms with Gasteiger partial charge in [-0.2, -0.15) is 0 Å². The SMILES string of the molecule is Cc1ccc(NC2=C(c3ccc(F)cc3)C(=O)N(c3ccc(F)cc3F)C2=O)cc1Cl. The lowest BCUT2D eigenvalue weighted by atomic mass is 10.0. The summed E-state index contributed by atoms with van der Waals surface area (Å²) in [7, 11) is 0. The third kappa shape index (κ3) is 3.80. The topological polar surface area (TPSA) is 49.4 Å². The van der Waals surface area contributed by atoms with Crippen molar-refractivity contribution in [3.63, 3.8) is 0 Å². The molecule has 1 N–H and O–H groups in total. The zero-order valence-electron chi connectivity index (χ0n) is 16.0. The summed E-state index contributed by atoms with van der Waals surface area (Å²) in [5, 5.41) is 3.31. The average molecular weight is 443 g/mol. The largest absolute Gasteiger partial charge is 0.350 e. The predicted molar refractivity (Wildman–Crippen MR) is 112 cm³/mol. The molecule has 0 aromatic heterocycles. The lowest BCUT2D eigenvalue weighted by Gasteiger charge is -2.16. The molecule has 3 aromatic carbocycles. The molecule has 0 fully saturated rings. The number of anilines is 2. The number of halogens is 4. The van der Waals surface area contributed by atoms with E-state index in [9.17, 15) is 22.8 Å². The highest BCUT2D eigenvalue weighted by Crippen LogP contribution is 2.35. The Kier molecular flexibility index (Phi) is 5.29. The lowest BCUT2D eigenvalue weighted by molar-refractivity contribution is -0.120. The van der Waals surface area contributed by atoms with Gasteiger partial charge in [-0.3, -0.25) is 9.59 Å². The number of nitrogens with zero attached hydrogens (tertiary/aromatic N) is 1. The molecule has 156 valence electrons. The average Bonchev–Trinajstić information content (AvgIpc) is 2.96. The Balaban J connectivity index is 1.84. The van der Waals surface area contributed by atoms with Crippen molar-refractivity contribution in [3.05, 3.63) is 100.0 Å². The van der Waals surface area contributed by atoms with Crippen molar-refractivity contribution < 1.29 is 22.8 Å². The zero-order valence-corrected chi connectivity index (χ0v) is 16.8. The van der Waals surface area contributed by atoms with Gasteiger partial charge < -0.3 is 5.32 Å². The van der Waals surface area contributed by atoms with E-state index in [1.165, 1.54) is 12.1 Å². The smallest absolute Gasteiger partial charge is 0.282 e. The first-order chi connectivity index (χ1) is 14.8. The van der Waals surface area contributed by atoms with Crippen LogP contribution >= 0.6 is 11.6 Å². The number of carbonyl (C=O) groups is 2. The Morgan fingerprint density at radius 2 is 1.52 bits per heavy atom. The van der Waals surface area contributed by atoms with Crippen molar-refractivity contribution in [2.24, 2.45) is 0 Å². The van der Waals surface area contributed by atoms with Crippen LogP contribution in [0, 0.1) is 24.4 Å². The zero-order chi connectivity index (χ0) is 22.3. The van der Waals surface area contributed by atoms with Crippen LogP contribution in [0.4, 0.5) is 24.5 Å². The Hall–Kier alpha value is -3.58. The number of hydrogen-bond donors (Lipinski definition) is 1. The molecule has 8 heteroatoms. The fraction of sp³-hybridized carbons (Fsp3) is 0.0435. The normalized spacial score (nSPS) is 13.9. The first kappa shape index (κ1) is 20.7. The summed E-state index contributed by atoms with van der Waals surface area (Å²) < 4.78 is 41.1. The fourth-order valence-corrected chi connectivity index (χ4v) is 3.41. The highest BCUT2D eigenvalue weighted by atomic mass is 35.5. The number of imide groups is 1. The Morgan fingerprint density at radius 3 is 2.16 bits per heavy atom. The summed E-state index contributed by atoms with van der Waals surface area (Å²) in [6.45, 7) is 1.80. The molecule has 4 rings (SSSR count). The number of nitrogens with one attached hydrogen (secondary N) is 1. The molecule has 0 saturated heterocycles. The molecule has 0 saturated carbocycles. The van der Waals surface area contributed by atoms with Gasteiger partial charge in [0, 0.05) is 16.8 Å². The first-order valence-electron chi connectivity index (χ1n) is 9.13. The molecule has 1 heterocycles. The Bertz CT molecular complexity index is 1260. The molecule has 1 aliphatic rings. The minimum Gasteiger partial charge on any atom is -0.350 e. The summed E-state index contributed by atoms with van der Waals surface area (Å²) in [6.07, 6.45) is 0. The van der Waals surface area contributed by atoms with Crippen molar-refractivity contribution in [1.29, 1.82) is 0 Å². The number of rotatable bonds is 4. The second-order valence-corrected chi connectivity index (χ2v) is 7.29. The van der Waals surface area contributed by atoms with E-state index in [1.54, 1.807) is 25.1 Å². The maximum atomic E-state index is 14.4. The minimum absolute atomic E-state index is 0.0783. The van der Waals surface area contributed by atoms with Crippen LogP contribution in [0.5, 0.6) is 0 Å². The van der Waals surface area contributed by atoms with Crippen molar-refractivity contribution in [2.75, 3.05) is 10.2 Å². The van der Waals surface area contributed by atoms with Gasteiger partial charge in [0.1, 0.15) is 23.1 Å². The summed E-state index contributed by atoms with van der Waals surface area (Å²) in [5.41, 5.74) is 0.877. The third-order valence-electron chi connectivity index (χ3n) is 4.81. The second kappa shape index (κ2) is 7.92. The van der Waals surface area contributed by atoms with E-state index in [-0.39, 0.29) is 16.8 Å². The fourth-order valence-electron chi connectivity index (χ4n) is 3.23. The van der Waals surface area contributed by atoms with Gasteiger partial charge in [0.2, 0.25) is 0 Å². The maximum Gasteiger partial charge on any atom is 0.282 e. The van der Waals surface area contributed by atoms with Crippen LogP contribution in [0.2, 0.25) is 5.02 Å². The van der Waals surface area contributed by atoms with E-state index in [4.69, 9.17) is 11.6 Å². The summed E-state index contributed by atoms with van der Waals surface area (Å²) in [4.78, 5) is 27.0. The van der Waals surface area contributed by atoms with Gasteiger partial charge in [-0.15, -0.1) is 0 Å². The van der Waals surface area contributed by atoms with Crippen LogP contribution < -0.4 is 10.2 Å². The molecule has 0 spiro atoms. The van der Waals surface area contributed by atoms with E-state index in [0.29, 0.717) is 21.7 Å². The Labute approximate surface area is 180 Å². The van der Waals surface area contributed by atoms with Crippen molar-refractivity contribution in [1.82, 2.24) is 0 Å². The number of hydrogen-bond acceptors (Lipinski definition) is 3. The molecule has 2 amide bonds. The highest BCUT2D eigenvalue weighted by molar-refractivity contribution is 6.46. The highest BCUT2D eigenvalue weighted by Gasteiger charge is 2.41. The molecule has 3 aromatic rings. The van der Waals surface area contributed by atoms with Gasteiger partial charge in [-0.05, 0) is 54.4 Å². The number of benzene rings is 3. The minimum atomic E-state index is -1.07. The van der Waals surface area contributed by atoms with Gasteiger partial charge in [0.25, 0.3) is 11.8 Å². The van der Waals surface area contributed by atoms with Gasteiger partial charge in [0.05, 0.1) is 11.3 Å². The molecular formula is C23H14ClF3N2O2. The molecule has 0 unspecified atom stereocenters. The van der Waals surface area contributed by atoms with E-state index >= 15 is 0 Å². The molecule has 31 heavy (non-hydrogen) atoms. The predicted octanol–water partition coefficient (Wildman–Crippen LogP) is 5.46. The molecule has 0 aliphatic carbocycles. The van der Waals surface area contributed by atoms with Crippen LogP contribution in [0.25, 0.3) is 5.57 Å². The van der Waals surface area contributed by atoms with E-state index < -0.39 is 35.0 Å². The first-order valence-corrected chi connectivity index (χ1v) is 9.51. The molecule has 0 bridgehead atoms. The summed E-state index contributed by atoms with van der Waals surface area (Å²) in [5.74, 6) is -4.11. The van der Waals surface area contributed by atoms with Crippen LogP contribution in [0.1, 0.15) is 11.1 Å². The van der Waals surface area contributed by atoms with Crippen LogP contribution in [0.3, 0.4) is 0 Å². The van der Waals surface area contributed by atoms with Gasteiger partial charge in [0.15, 0.2) is 0 Å². The van der Waals surface area contributed by atoms with Crippen molar-refractivity contribution in [2.45, 2.75) is 6.92 Å². The number of carbonyl (C=O) groups excluding carboxylic acids is 2. The van der Waals surface area contributed by atoms with Crippen LogP contribution in [-0.2, 0) is 9.59 Å². The van der Waals surface area contributed by atoms with Crippen molar-refractivity contribution >= 4 is 40.4 Å². The lowest BCUT2D eigenvalue weighted by Crippen LogP contribution is -2.33. The molecule has 4 nitrogen and oxygen atoms in total. The number of aryl methyl sites for hydroxylation is 1. The maximum absolute atomic E-state index is 14.4. The summed E-state index contributed by atoms with van der Waals surface area (Å²) >= 11 is 6.15. The van der Waals surface area contributed by atoms with E-state index in [2.05, 4.69) is 5.32 Å². The third-order valence-corrected chi connectivity index (χ3v) is 5.22. The summed E-state index contributed by atoms with van der Waals surface area (Å²) in [6, 6.07) is 12.5. The molecule has 0 radical (unpaired) electrons. The second-order valence-electron chi connectivity index (χ2n) is 6.89. The Morgan fingerprint density at radius 1 is 0.839 bits per heavy atom. The van der Waals surface area contributed by atoms with E-state index in [0.717, 1.165) is 29.8 Å².